The van der Waals surface area contributed by atoms with Crippen LogP contribution >= 0.6 is 0 Å². The van der Waals surface area contributed by atoms with E-state index < -0.39 is 17.4 Å². The number of carboxylic acid groups (broad SMARTS) is 1. The molecule has 7 heteroatoms. The SMILES string of the molecule is CC1(C(=O)O)CCN(C(=O)NC(Cn2ccccc2=O)c2ccccc2)C1. The number of nitrogens with zero attached hydrogens (tertiary/aromatic N) is 2. The van der Waals surface area contributed by atoms with Gasteiger partial charge in [0, 0.05) is 25.4 Å². The molecule has 2 heterocycles. The number of hydrogen-bond donors (Lipinski definition) is 2. The van der Waals surface area contributed by atoms with Crippen LogP contribution in [0.25, 0.3) is 0 Å². The number of rotatable bonds is 5. The zero-order chi connectivity index (χ0) is 19.4. The third-order valence-electron chi connectivity index (χ3n) is 5.05. The molecule has 0 bridgehead atoms. The third kappa shape index (κ3) is 4.19. The molecule has 7 nitrogen and oxygen atoms in total. The minimum absolute atomic E-state index is 0.146. The van der Waals surface area contributed by atoms with Gasteiger partial charge >= 0.3 is 12.0 Å². The van der Waals surface area contributed by atoms with Crippen molar-refractivity contribution >= 4 is 12.0 Å². The molecule has 0 aliphatic carbocycles. The molecule has 2 N–H and O–H groups in total. The van der Waals surface area contributed by atoms with Crippen molar-refractivity contribution in [2.24, 2.45) is 5.41 Å². The highest BCUT2D eigenvalue weighted by molar-refractivity contribution is 5.79. The number of carbonyl (C=O) groups excluding carboxylic acids is 1. The molecular formula is C20H23N3O4. The minimum atomic E-state index is -0.921. The minimum Gasteiger partial charge on any atom is -0.481 e. The number of benzene rings is 1. The number of hydrogen-bond acceptors (Lipinski definition) is 3. The highest BCUT2D eigenvalue weighted by Crippen LogP contribution is 2.30. The molecule has 1 saturated heterocycles. The predicted octanol–water partition coefficient (Wildman–Crippen LogP) is 2.10. The lowest BCUT2D eigenvalue weighted by atomic mass is 9.90. The fraction of sp³-hybridized carbons (Fsp3) is 0.350. The summed E-state index contributed by atoms with van der Waals surface area (Å²) >= 11 is 0. The van der Waals surface area contributed by atoms with Crippen LogP contribution in [0.4, 0.5) is 4.79 Å². The lowest BCUT2D eigenvalue weighted by molar-refractivity contribution is -0.147. The fourth-order valence-electron chi connectivity index (χ4n) is 3.28. The number of nitrogens with one attached hydrogen (secondary N) is 1. The molecule has 0 radical (unpaired) electrons. The Balaban J connectivity index is 1.78. The topological polar surface area (TPSA) is 91.6 Å². The van der Waals surface area contributed by atoms with Gasteiger partial charge in [-0.1, -0.05) is 36.4 Å². The van der Waals surface area contributed by atoms with Crippen LogP contribution in [0.5, 0.6) is 0 Å². The zero-order valence-electron chi connectivity index (χ0n) is 15.2. The quantitative estimate of drug-likeness (QED) is 0.844. The first kappa shape index (κ1) is 18.7. The summed E-state index contributed by atoms with van der Waals surface area (Å²) in [5.74, 6) is -0.895. The predicted molar refractivity (Wildman–Crippen MR) is 100 cm³/mol. The second kappa shape index (κ2) is 7.65. The Morgan fingerprint density at radius 3 is 2.52 bits per heavy atom. The van der Waals surface area contributed by atoms with E-state index in [2.05, 4.69) is 5.32 Å². The molecular weight excluding hydrogens is 346 g/mol. The van der Waals surface area contributed by atoms with Gasteiger partial charge in [-0.2, -0.15) is 0 Å². The number of pyridine rings is 1. The van der Waals surface area contributed by atoms with Crippen molar-refractivity contribution in [2.75, 3.05) is 13.1 Å². The molecule has 3 rings (SSSR count). The summed E-state index contributed by atoms with van der Waals surface area (Å²) in [6.07, 6.45) is 2.10. The second-order valence-corrected chi connectivity index (χ2v) is 7.14. The molecule has 142 valence electrons. The summed E-state index contributed by atoms with van der Waals surface area (Å²) in [4.78, 5) is 37.8. The molecule has 2 amide bonds. The number of carboxylic acids is 1. The van der Waals surface area contributed by atoms with Gasteiger partial charge < -0.3 is 19.9 Å². The van der Waals surface area contributed by atoms with Crippen molar-refractivity contribution in [1.82, 2.24) is 14.8 Å². The van der Waals surface area contributed by atoms with Gasteiger partial charge in [-0.25, -0.2) is 4.79 Å². The van der Waals surface area contributed by atoms with E-state index in [4.69, 9.17) is 0 Å². The maximum absolute atomic E-state index is 12.7. The zero-order valence-corrected chi connectivity index (χ0v) is 15.2. The highest BCUT2D eigenvalue weighted by atomic mass is 16.4. The van der Waals surface area contributed by atoms with Gasteiger partial charge in [0.25, 0.3) is 5.56 Å². The van der Waals surface area contributed by atoms with Gasteiger partial charge in [-0.15, -0.1) is 0 Å². The van der Waals surface area contributed by atoms with Crippen molar-refractivity contribution in [3.63, 3.8) is 0 Å². The summed E-state index contributed by atoms with van der Waals surface area (Å²) in [7, 11) is 0. The average Bonchev–Trinajstić information content (AvgIpc) is 3.07. The third-order valence-corrected chi connectivity index (χ3v) is 5.05. The van der Waals surface area contributed by atoms with E-state index in [0.29, 0.717) is 19.5 Å². The lowest BCUT2D eigenvalue weighted by Crippen LogP contribution is -2.43. The summed E-state index contributed by atoms with van der Waals surface area (Å²) in [5, 5.41) is 12.3. The number of likely N-dealkylation sites (tertiary alicyclic amines) is 1. The summed E-state index contributed by atoms with van der Waals surface area (Å²) in [5.41, 5.74) is -0.190. The molecule has 1 fully saturated rings. The lowest BCUT2D eigenvalue weighted by Gasteiger charge is -2.25. The summed E-state index contributed by atoms with van der Waals surface area (Å²) in [6.45, 7) is 2.50. The van der Waals surface area contributed by atoms with Crippen LogP contribution in [0.3, 0.4) is 0 Å². The van der Waals surface area contributed by atoms with Gasteiger partial charge in [0.05, 0.1) is 18.0 Å². The largest absolute Gasteiger partial charge is 0.481 e. The molecule has 0 spiro atoms. The smallest absolute Gasteiger partial charge is 0.317 e. The molecule has 1 aromatic carbocycles. The Bertz CT molecular complexity index is 880. The first-order chi connectivity index (χ1) is 12.9. The Kier molecular flexibility index (Phi) is 5.30. The first-order valence-electron chi connectivity index (χ1n) is 8.88. The molecule has 0 saturated carbocycles. The van der Waals surface area contributed by atoms with Gasteiger partial charge in [-0.3, -0.25) is 9.59 Å². The molecule has 2 unspecified atom stereocenters. The van der Waals surface area contributed by atoms with E-state index in [1.165, 1.54) is 11.0 Å². The van der Waals surface area contributed by atoms with Gasteiger partial charge in [-0.05, 0) is 25.0 Å². The van der Waals surface area contributed by atoms with Crippen LogP contribution in [0.1, 0.15) is 24.9 Å². The highest BCUT2D eigenvalue weighted by Gasteiger charge is 2.42. The molecule has 2 aromatic rings. The second-order valence-electron chi connectivity index (χ2n) is 7.14. The van der Waals surface area contributed by atoms with Crippen LogP contribution in [0, 0.1) is 5.41 Å². The van der Waals surface area contributed by atoms with Gasteiger partial charge in [0.1, 0.15) is 0 Å². The van der Waals surface area contributed by atoms with E-state index in [1.807, 2.05) is 30.3 Å². The van der Waals surface area contributed by atoms with Crippen molar-refractivity contribution < 1.29 is 14.7 Å². The van der Waals surface area contributed by atoms with E-state index in [9.17, 15) is 19.5 Å². The van der Waals surface area contributed by atoms with Crippen molar-refractivity contribution in [3.05, 3.63) is 70.6 Å². The average molecular weight is 369 g/mol. The van der Waals surface area contributed by atoms with Crippen LogP contribution in [-0.4, -0.2) is 39.7 Å². The number of amides is 2. The molecule has 1 aliphatic rings. The number of aliphatic carboxylic acids is 1. The van der Waals surface area contributed by atoms with E-state index in [1.54, 1.807) is 29.8 Å². The molecule has 1 aromatic heterocycles. The van der Waals surface area contributed by atoms with E-state index >= 15 is 0 Å². The van der Waals surface area contributed by atoms with Crippen LogP contribution in [0.15, 0.2) is 59.5 Å². The van der Waals surface area contributed by atoms with Crippen molar-refractivity contribution in [3.8, 4) is 0 Å². The standard InChI is InChI=1S/C20H23N3O4/c1-20(18(25)26)10-12-23(14-20)19(27)21-16(15-7-3-2-4-8-15)13-22-11-6-5-9-17(22)24/h2-9,11,16H,10,12-14H2,1H3,(H,21,27)(H,25,26). The van der Waals surface area contributed by atoms with E-state index in [-0.39, 0.29) is 18.1 Å². The van der Waals surface area contributed by atoms with Gasteiger partial charge in [0.15, 0.2) is 0 Å². The Morgan fingerprint density at radius 1 is 1.19 bits per heavy atom. The summed E-state index contributed by atoms with van der Waals surface area (Å²) < 4.78 is 1.54. The fourth-order valence-corrected chi connectivity index (χ4v) is 3.28. The Labute approximate surface area is 157 Å². The first-order valence-corrected chi connectivity index (χ1v) is 8.88. The van der Waals surface area contributed by atoms with Gasteiger partial charge in [0.2, 0.25) is 0 Å². The van der Waals surface area contributed by atoms with Crippen LogP contribution in [0.2, 0.25) is 0 Å². The maximum Gasteiger partial charge on any atom is 0.317 e. The van der Waals surface area contributed by atoms with Crippen LogP contribution < -0.4 is 10.9 Å². The number of aromatic nitrogens is 1. The van der Waals surface area contributed by atoms with E-state index in [0.717, 1.165) is 5.56 Å². The van der Waals surface area contributed by atoms with Crippen molar-refractivity contribution in [1.29, 1.82) is 0 Å². The monoisotopic (exact) mass is 369 g/mol. The molecule has 2 atom stereocenters. The molecule has 1 aliphatic heterocycles. The van der Waals surface area contributed by atoms with Crippen LogP contribution in [-0.2, 0) is 11.3 Å². The number of carbonyl (C=O) groups is 2. The Hall–Kier alpha value is -3.09. The van der Waals surface area contributed by atoms with Crippen molar-refractivity contribution in [2.45, 2.75) is 25.9 Å². The molecule has 27 heavy (non-hydrogen) atoms. The Morgan fingerprint density at radius 2 is 1.89 bits per heavy atom. The maximum atomic E-state index is 12.7. The normalized spacial score (nSPS) is 20.3. The summed E-state index contributed by atoms with van der Waals surface area (Å²) in [6, 6.07) is 13.6. The number of urea groups is 1.